The minimum atomic E-state index is 0.0223. The number of halogens is 2. The molecule has 1 unspecified atom stereocenters. The molecule has 0 amide bonds. The first-order valence-corrected chi connectivity index (χ1v) is 6.55. The van der Waals surface area contributed by atoms with Crippen LogP contribution in [0.3, 0.4) is 0 Å². The van der Waals surface area contributed by atoms with Crippen molar-refractivity contribution in [2.75, 3.05) is 13.2 Å². The summed E-state index contributed by atoms with van der Waals surface area (Å²) in [7, 11) is 0. The van der Waals surface area contributed by atoms with Gasteiger partial charge in [-0.3, -0.25) is 11.3 Å². The van der Waals surface area contributed by atoms with Crippen molar-refractivity contribution in [2.24, 2.45) is 5.84 Å². The highest BCUT2D eigenvalue weighted by molar-refractivity contribution is 14.1. The lowest BCUT2D eigenvalue weighted by molar-refractivity contribution is 0.123. The first-order valence-electron chi connectivity index (χ1n) is 4.67. The second-order valence-corrected chi connectivity index (χ2v) is 5.14. The van der Waals surface area contributed by atoms with Crippen LogP contribution >= 0.6 is 38.5 Å². The molecular weight excluding hydrogens is 371 g/mol. The molecule has 0 aliphatic rings. The molecule has 5 heteroatoms. The van der Waals surface area contributed by atoms with Crippen molar-refractivity contribution >= 4 is 38.5 Å². The van der Waals surface area contributed by atoms with E-state index in [4.69, 9.17) is 10.6 Å². The molecule has 1 atom stereocenters. The fourth-order valence-electron chi connectivity index (χ4n) is 1.25. The average Bonchev–Trinajstić information content (AvgIpc) is 2.24. The van der Waals surface area contributed by atoms with E-state index in [1.807, 2.05) is 19.1 Å². The minimum absolute atomic E-state index is 0.0223. The van der Waals surface area contributed by atoms with Gasteiger partial charge in [-0.25, -0.2) is 0 Å². The summed E-state index contributed by atoms with van der Waals surface area (Å²) in [5, 5.41) is 0. The number of ether oxygens (including phenoxy) is 1. The summed E-state index contributed by atoms with van der Waals surface area (Å²) in [5.41, 5.74) is 3.89. The Hall–Kier alpha value is 0.310. The monoisotopic (exact) mass is 384 g/mol. The van der Waals surface area contributed by atoms with Crippen molar-refractivity contribution in [3.05, 3.63) is 31.8 Å². The fraction of sp³-hybridized carbons (Fsp3) is 0.400. The summed E-state index contributed by atoms with van der Waals surface area (Å²) in [6.07, 6.45) is 0. The van der Waals surface area contributed by atoms with Crippen LogP contribution in [0.5, 0.6) is 0 Å². The summed E-state index contributed by atoms with van der Waals surface area (Å²) < 4.78 is 7.60. The Bertz CT molecular complexity index is 322. The predicted molar refractivity (Wildman–Crippen MR) is 73.4 cm³/mol. The zero-order valence-corrected chi connectivity index (χ0v) is 12.2. The zero-order chi connectivity index (χ0) is 11.3. The third-order valence-corrected chi connectivity index (χ3v) is 3.42. The summed E-state index contributed by atoms with van der Waals surface area (Å²) in [4.78, 5) is 0. The van der Waals surface area contributed by atoms with Crippen LogP contribution < -0.4 is 11.3 Å². The molecule has 1 aromatic rings. The second-order valence-electron chi connectivity index (χ2n) is 3.04. The molecule has 15 heavy (non-hydrogen) atoms. The maximum Gasteiger partial charge on any atom is 0.0705 e. The van der Waals surface area contributed by atoms with Crippen LogP contribution in [0.2, 0.25) is 0 Å². The average molecular weight is 385 g/mol. The fourth-order valence-corrected chi connectivity index (χ4v) is 2.28. The number of nitrogens with two attached hydrogens (primary N) is 1. The Morgan fingerprint density at radius 3 is 2.93 bits per heavy atom. The van der Waals surface area contributed by atoms with Gasteiger partial charge in [-0.1, -0.05) is 15.9 Å². The number of benzene rings is 1. The molecule has 0 saturated carbocycles. The Morgan fingerprint density at radius 1 is 1.60 bits per heavy atom. The summed E-state index contributed by atoms with van der Waals surface area (Å²) in [6, 6.07) is 6.18. The van der Waals surface area contributed by atoms with Crippen molar-refractivity contribution in [2.45, 2.75) is 13.0 Å². The third kappa shape index (κ3) is 3.99. The van der Waals surface area contributed by atoms with E-state index in [1.165, 1.54) is 3.57 Å². The number of hydrazine groups is 1. The van der Waals surface area contributed by atoms with Crippen LogP contribution in [0, 0.1) is 3.57 Å². The van der Waals surface area contributed by atoms with Gasteiger partial charge in [0.05, 0.1) is 12.6 Å². The number of rotatable bonds is 5. The van der Waals surface area contributed by atoms with E-state index in [1.54, 1.807) is 0 Å². The highest BCUT2D eigenvalue weighted by Gasteiger charge is 2.13. The Balaban J connectivity index is 2.85. The SMILES string of the molecule is CCOCC(NN)c1cc(I)ccc1Br. The van der Waals surface area contributed by atoms with Crippen LogP contribution in [-0.2, 0) is 4.74 Å². The molecule has 0 spiro atoms. The lowest BCUT2D eigenvalue weighted by Crippen LogP contribution is -2.31. The van der Waals surface area contributed by atoms with Gasteiger partial charge in [0.15, 0.2) is 0 Å². The molecule has 0 bridgehead atoms. The first-order chi connectivity index (χ1) is 7.19. The van der Waals surface area contributed by atoms with Gasteiger partial charge in [0, 0.05) is 14.6 Å². The molecular formula is C10H14BrIN2O. The van der Waals surface area contributed by atoms with Crippen molar-refractivity contribution in [1.82, 2.24) is 5.43 Å². The molecule has 0 aliphatic carbocycles. The lowest BCUT2D eigenvalue weighted by Gasteiger charge is -2.17. The summed E-state index contributed by atoms with van der Waals surface area (Å²) in [5.74, 6) is 5.51. The van der Waals surface area contributed by atoms with Crippen molar-refractivity contribution in [1.29, 1.82) is 0 Å². The van der Waals surface area contributed by atoms with E-state index in [2.05, 4.69) is 50.0 Å². The van der Waals surface area contributed by atoms with Crippen LogP contribution in [0.25, 0.3) is 0 Å². The van der Waals surface area contributed by atoms with Crippen LogP contribution in [-0.4, -0.2) is 13.2 Å². The molecule has 0 aliphatic heterocycles. The molecule has 1 aromatic carbocycles. The van der Waals surface area contributed by atoms with Crippen LogP contribution in [0.15, 0.2) is 22.7 Å². The Morgan fingerprint density at radius 2 is 2.33 bits per heavy atom. The maximum absolute atomic E-state index is 5.51. The molecule has 1 rings (SSSR count). The molecule has 3 nitrogen and oxygen atoms in total. The molecule has 0 fully saturated rings. The van der Waals surface area contributed by atoms with E-state index in [0.717, 1.165) is 10.0 Å². The van der Waals surface area contributed by atoms with Crippen molar-refractivity contribution in [3.8, 4) is 0 Å². The van der Waals surface area contributed by atoms with E-state index in [9.17, 15) is 0 Å². The van der Waals surface area contributed by atoms with E-state index < -0.39 is 0 Å². The van der Waals surface area contributed by atoms with Gasteiger partial charge in [-0.2, -0.15) is 0 Å². The molecule has 0 saturated heterocycles. The van der Waals surface area contributed by atoms with Crippen molar-refractivity contribution < 1.29 is 4.74 Å². The van der Waals surface area contributed by atoms with Gasteiger partial charge in [0.25, 0.3) is 0 Å². The Kier molecular flexibility index (Phi) is 6.06. The first kappa shape index (κ1) is 13.4. The normalized spacial score (nSPS) is 12.8. The van der Waals surface area contributed by atoms with Crippen LogP contribution in [0.4, 0.5) is 0 Å². The largest absolute Gasteiger partial charge is 0.380 e. The topological polar surface area (TPSA) is 47.3 Å². The van der Waals surface area contributed by atoms with Crippen LogP contribution in [0.1, 0.15) is 18.5 Å². The van der Waals surface area contributed by atoms with Gasteiger partial charge < -0.3 is 4.74 Å². The quantitative estimate of drug-likeness (QED) is 0.466. The lowest BCUT2D eigenvalue weighted by atomic mass is 10.1. The molecule has 3 N–H and O–H groups in total. The molecule has 0 heterocycles. The maximum atomic E-state index is 5.51. The predicted octanol–water partition coefficient (Wildman–Crippen LogP) is 2.59. The smallest absolute Gasteiger partial charge is 0.0705 e. The van der Waals surface area contributed by atoms with E-state index in [0.29, 0.717) is 13.2 Å². The van der Waals surface area contributed by atoms with Gasteiger partial charge in [-0.15, -0.1) is 0 Å². The minimum Gasteiger partial charge on any atom is -0.380 e. The standard InChI is InChI=1S/C10H14BrIN2O/c1-2-15-6-10(14-13)8-5-7(12)3-4-9(8)11/h3-5,10,14H,2,6,13H2,1H3. The summed E-state index contributed by atoms with van der Waals surface area (Å²) in [6.45, 7) is 3.24. The number of nitrogens with one attached hydrogen (secondary N) is 1. The van der Waals surface area contributed by atoms with Gasteiger partial charge in [-0.05, 0) is 53.3 Å². The number of hydrogen-bond acceptors (Lipinski definition) is 3. The Labute approximate surface area is 112 Å². The summed E-state index contributed by atoms with van der Waals surface area (Å²) >= 11 is 5.79. The van der Waals surface area contributed by atoms with Gasteiger partial charge >= 0.3 is 0 Å². The highest BCUT2D eigenvalue weighted by atomic mass is 127. The van der Waals surface area contributed by atoms with Gasteiger partial charge in [0.1, 0.15) is 0 Å². The van der Waals surface area contributed by atoms with Crippen molar-refractivity contribution in [3.63, 3.8) is 0 Å². The zero-order valence-electron chi connectivity index (χ0n) is 8.47. The van der Waals surface area contributed by atoms with E-state index in [-0.39, 0.29) is 6.04 Å². The van der Waals surface area contributed by atoms with Gasteiger partial charge in [0.2, 0.25) is 0 Å². The molecule has 0 radical (unpaired) electrons. The molecule has 0 aromatic heterocycles. The van der Waals surface area contributed by atoms with E-state index >= 15 is 0 Å². The molecule has 84 valence electrons. The highest BCUT2D eigenvalue weighted by Crippen LogP contribution is 2.25. The third-order valence-electron chi connectivity index (χ3n) is 2.02. The number of hydrogen-bond donors (Lipinski definition) is 2. The second kappa shape index (κ2) is 6.80.